The predicted octanol–water partition coefficient (Wildman–Crippen LogP) is 2.53. The number of fused-ring (bicyclic) bond motifs is 1. The van der Waals surface area contributed by atoms with E-state index in [0.717, 1.165) is 22.9 Å². The SMILES string of the molecule is N[C@H]1CCc2c(Br)ccc(F)c21. The van der Waals surface area contributed by atoms with Crippen LogP contribution < -0.4 is 5.73 Å². The van der Waals surface area contributed by atoms with E-state index in [4.69, 9.17) is 5.73 Å². The first-order chi connectivity index (χ1) is 5.70. The van der Waals surface area contributed by atoms with Crippen LogP contribution in [-0.2, 0) is 6.42 Å². The van der Waals surface area contributed by atoms with Crippen molar-refractivity contribution in [2.45, 2.75) is 18.9 Å². The van der Waals surface area contributed by atoms with Gasteiger partial charge in [-0.2, -0.15) is 0 Å². The molecule has 0 aromatic heterocycles. The van der Waals surface area contributed by atoms with E-state index < -0.39 is 0 Å². The molecular weight excluding hydrogens is 221 g/mol. The molecular formula is C9H9BrFN. The summed E-state index contributed by atoms with van der Waals surface area (Å²) in [5.74, 6) is -0.168. The van der Waals surface area contributed by atoms with Gasteiger partial charge in [0.05, 0.1) is 0 Å². The summed E-state index contributed by atoms with van der Waals surface area (Å²) < 4.78 is 14.2. The molecule has 0 heterocycles. The van der Waals surface area contributed by atoms with Crippen molar-refractivity contribution >= 4 is 15.9 Å². The van der Waals surface area contributed by atoms with Crippen LogP contribution in [0.25, 0.3) is 0 Å². The maximum atomic E-state index is 13.2. The van der Waals surface area contributed by atoms with Crippen molar-refractivity contribution < 1.29 is 4.39 Å². The molecule has 2 rings (SSSR count). The van der Waals surface area contributed by atoms with Gasteiger partial charge in [-0.05, 0) is 30.5 Å². The molecule has 1 aromatic carbocycles. The van der Waals surface area contributed by atoms with Crippen LogP contribution in [0.3, 0.4) is 0 Å². The molecule has 64 valence electrons. The van der Waals surface area contributed by atoms with Gasteiger partial charge in [0.1, 0.15) is 5.82 Å². The fraction of sp³-hybridized carbons (Fsp3) is 0.333. The molecule has 0 aliphatic heterocycles. The first-order valence-corrected chi connectivity index (χ1v) is 4.72. The first kappa shape index (κ1) is 8.20. The quantitative estimate of drug-likeness (QED) is 0.728. The molecule has 0 amide bonds. The van der Waals surface area contributed by atoms with Crippen LogP contribution in [0.15, 0.2) is 16.6 Å². The Bertz CT molecular complexity index is 325. The lowest BCUT2D eigenvalue weighted by Crippen LogP contribution is -2.07. The van der Waals surface area contributed by atoms with E-state index in [9.17, 15) is 4.39 Å². The second-order valence-corrected chi connectivity index (χ2v) is 3.92. The van der Waals surface area contributed by atoms with E-state index in [1.165, 1.54) is 6.07 Å². The summed E-state index contributed by atoms with van der Waals surface area (Å²) in [6.07, 6.45) is 1.74. The zero-order valence-corrected chi connectivity index (χ0v) is 8.07. The zero-order chi connectivity index (χ0) is 8.72. The van der Waals surface area contributed by atoms with Gasteiger partial charge in [-0.15, -0.1) is 0 Å². The Labute approximate surface area is 78.9 Å². The highest BCUT2D eigenvalue weighted by molar-refractivity contribution is 9.10. The van der Waals surface area contributed by atoms with Crippen molar-refractivity contribution in [3.63, 3.8) is 0 Å². The van der Waals surface area contributed by atoms with Gasteiger partial charge in [-0.25, -0.2) is 4.39 Å². The average molecular weight is 230 g/mol. The van der Waals surface area contributed by atoms with Crippen molar-refractivity contribution in [3.8, 4) is 0 Å². The highest BCUT2D eigenvalue weighted by atomic mass is 79.9. The molecule has 0 bridgehead atoms. The van der Waals surface area contributed by atoms with Gasteiger partial charge in [-0.1, -0.05) is 15.9 Å². The van der Waals surface area contributed by atoms with E-state index in [1.807, 2.05) is 0 Å². The number of hydrogen-bond donors (Lipinski definition) is 1. The lowest BCUT2D eigenvalue weighted by molar-refractivity contribution is 0.588. The molecule has 3 heteroatoms. The van der Waals surface area contributed by atoms with Crippen molar-refractivity contribution in [1.82, 2.24) is 0 Å². The maximum absolute atomic E-state index is 13.2. The zero-order valence-electron chi connectivity index (χ0n) is 6.48. The largest absolute Gasteiger partial charge is 0.324 e. The Morgan fingerprint density at radius 2 is 2.25 bits per heavy atom. The van der Waals surface area contributed by atoms with Crippen LogP contribution in [0.1, 0.15) is 23.6 Å². The third-order valence-corrected chi connectivity index (χ3v) is 3.07. The molecule has 1 aromatic rings. The summed E-state index contributed by atoms with van der Waals surface area (Å²) in [7, 11) is 0. The molecule has 0 radical (unpaired) electrons. The lowest BCUT2D eigenvalue weighted by atomic mass is 10.1. The van der Waals surface area contributed by atoms with E-state index in [1.54, 1.807) is 6.07 Å². The topological polar surface area (TPSA) is 26.0 Å². The minimum atomic E-state index is -0.168. The number of benzene rings is 1. The standard InChI is InChI=1S/C9H9BrFN/c10-6-2-3-7(11)9-5(6)1-4-8(9)12/h2-3,8H,1,4,12H2/t8-/m0/s1. The molecule has 1 atom stereocenters. The number of halogens is 2. The van der Waals surface area contributed by atoms with Crippen LogP contribution in [-0.4, -0.2) is 0 Å². The highest BCUT2D eigenvalue weighted by Gasteiger charge is 2.24. The maximum Gasteiger partial charge on any atom is 0.128 e. The van der Waals surface area contributed by atoms with Gasteiger partial charge in [-0.3, -0.25) is 0 Å². The van der Waals surface area contributed by atoms with Crippen molar-refractivity contribution in [1.29, 1.82) is 0 Å². The van der Waals surface area contributed by atoms with Gasteiger partial charge in [0.15, 0.2) is 0 Å². The molecule has 0 unspecified atom stereocenters. The van der Waals surface area contributed by atoms with Crippen molar-refractivity contribution in [2.75, 3.05) is 0 Å². The van der Waals surface area contributed by atoms with Crippen LogP contribution in [0.4, 0.5) is 4.39 Å². The summed E-state index contributed by atoms with van der Waals surface area (Å²) in [5, 5.41) is 0. The molecule has 12 heavy (non-hydrogen) atoms. The Balaban J connectivity index is 2.64. The molecule has 0 saturated heterocycles. The second kappa shape index (κ2) is 2.82. The monoisotopic (exact) mass is 229 g/mol. The van der Waals surface area contributed by atoms with Crippen LogP contribution in [0.2, 0.25) is 0 Å². The summed E-state index contributed by atoms with van der Waals surface area (Å²) in [6, 6.07) is 3.10. The van der Waals surface area contributed by atoms with Gasteiger partial charge in [0, 0.05) is 16.1 Å². The molecule has 1 nitrogen and oxygen atoms in total. The molecule has 1 aliphatic carbocycles. The van der Waals surface area contributed by atoms with Gasteiger partial charge in [0.25, 0.3) is 0 Å². The van der Waals surface area contributed by atoms with Crippen molar-refractivity contribution in [2.24, 2.45) is 5.73 Å². The fourth-order valence-corrected chi connectivity index (χ4v) is 2.25. The molecule has 0 saturated carbocycles. The summed E-state index contributed by atoms with van der Waals surface area (Å²) in [5.41, 5.74) is 7.50. The smallest absolute Gasteiger partial charge is 0.128 e. The van der Waals surface area contributed by atoms with Crippen LogP contribution >= 0.6 is 15.9 Å². The first-order valence-electron chi connectivity index (χ1n) is 3.92. The Kier molecular flexibility index (Phi) is 1.93. The Morgan fingerprint density at radius 1 is 1.50 bits per heavy atom. The number of rotatable bonds is 0. The Morgan fingerprint density at radius 3 is 2.92 bits per heavy atom. The van der Waals surface area contributed by atoms with Crippen LogP contribution in [0.5, 0.6) is 0 Å². The van der Waals surface area contributed by atoms with E-state index in [0.29, 0.717) is 5.56 Å². The Hall–Kier alpha value is -0.410. The van der Waals surface area contributed by atoms with Gasteiger partial charge in [0.2, 0.25) is 0 Å². The minimum absolute atomic E-state index is 0.113. The molecule has 0 spiro atoms. The highest BCUT2D eigenvalue weighted by Crippen LogP contribution is 2.35. The summed E-state index contributed by atoms with van der Waals surface area (Å²) in [6.45, 7) is 0. The second-order valence-electron chi connectivity index (χ2n) is 3.07. The third-order valence-electron chi connectivity index (χ3n) is 2.32. The number of nitrogens with two attached hydrogens (primary N) is 1. The fourth-order valence-electron chi connectivity index (χ4n) is 1.71. The van der Waals surface area contributed by atoms with Gasteiger partial charge >= 0.3 is 0 Å². The normalized spacial score (nSPS) is 21.1. The third kappa shape index (κ3) is 1.08. The lowest BCUT2D eigenvalue weighted by Gasteiger charge is -2.06. The summed E-state index contributed by atoms with van der Waals surface area (Å²) in [4.78, 5) is 0. The molecule has 0 fully saturated rings. The van der Waals surface area contributed by atoms with E-state index in [2.05, 4.69) is 15.9 Å². The van der Waals surface area contributed by atoms with Crippen molar-refractivity contribution in [3.05, 3.63) is 33.5 Å². The van der Waals surface area contributed by atoms with E-state index in [-0.39, 0.29) is 11.9 Å². The predicted molar refractivity (Wildman–Crippen MR) is 49.3 cm³/mol. The van der Waals surface area contributed by atoms with E-state index >= 15 is 0 Å². The summed E-state index contributed by atoms with van der Waals surface area (Å²) >= 11 is 3.39. The minimum Gasteiger partial charge on any atom is -0.324 e. The van der Waals surface area contributed by atoms with Gasteiger partial charge < -0.3 is 5.73 Å². The molecule has 1 aliphatic rings. The number of hydrogen-bond acceptors (Lipinski definition) is 1. The average Bonchev–Trinajstić information content (AvgIpc) is 2.42. The molecule has 2 N–H and O–H groups in total. The van der Waals surface area contributed by atoms with Crippen LogP contribution in [0, 0.1) is 5.82 Å².